The molecular formula is C19H29BrO3. The Morgan fingerprint density at radius 1 is 1.00 bits per heavy atom. The molecule has 0 aliphatic heterocycles. The summed E-state index contributed by atoms with van der Waals surface area (Å²) in [4.78, 5) is 11.4. The van der Waals surface area contributed by atoms with Crippen molar-refractivity contribution in [3.05, 3.63) is 29.8 Å². The lowest BCUT2D eigenvalue weighted by Gasteiger charge is -2.13. The first-order valence-corrected chi connectivity index (χ1v) is 9.58. The van der Waals surface area contributed by atoms with Gasteiger partial charge < -0.3 is 9.47 Å². The van der Waals surface area contributed by atoms with Crippen LogP contribution < -0.4 is 4.74 Å². The van der Waals surface area contributed by atoms with Crippen molar-refractivity contribution in [2.45, 2.75) is 69.7 Å². The molecule has 0 saturated carbocycles. The topological polar surface area (TPSA) is 35.5 Å². The van der Waals surface area contributed by atoms with Crippen molar-refractivity contribution >= 4 is 21.9 Å². The third-order valence-electron chi connectivity index (χ3n) is 3.82. The van der Waals surface area contributed by atoms with Gasteiger partial charge in [-0.25, -0.2) is 4.79 Å². The summed E-state index contributed by atoms with van der Waals surface area (Å²) in [5.74, 6) is 0.435. The first-order chi connectivity index (χ1) is 11.2. The van der Waals surface area contributed by atoms with Gasteiger partial charge in [0.2, 0.25) is 0 Å². The summed E-state index contributed by atoms with van der Waals surface area (Å²) in [6, 6.07) is 7.04. The van der Waals surface area contributed by atoms with E-state index in [1.807, 2.05) is 0 Å². The van der Waals surface area contributed by atoms with Gasteiger partial charge in [-0.2, -0.15) is 0 Å². The van der Waals surface area contributed by atoms with E-state index in [1.54, 1.807) is 24.3 Å². The molecule has 0 aromatic heterocycles. The molecule has 0 aliphatic carbocycles. The molecule has 0 fully saturated rings. The van der Waals surface area contributed by atoms with E-state index in [1.165, 1.54) is 58.5 Å². The fourth-order valence-corrected chi connectivity index (χ4v) is 2.97. The third-order valence-corrected chi connectivity index (χ3v) is 4.47. The third kappa shape index (κ3) is 8.99. The molecule has 4 heteroatoms. The molecular weight excluding hydrogens is 356 g/mol. The predicted molar refractivity (Wildman–Crippen MR) is 98.4 cm³/mol. The first kappa shape index (κ1) is 20.0. The van der Waals surface area contributed by atoms with E-state index in [0.29, 0.717) is 5.56 Å². The highest BCUT2D eigenvalue weighted by Gasteiger charge is 2.08. The number of esters is 1. The molecule has 1 atom stereocenters. The van der Waals surface area contributed by atoms with Crippen molar-refractivity contribution in [3.8, 4) is 5.75 Å². The summed E-state index contributed by atoms with van der Waals surface area (Å²) in [6.07, 6.45) is 11.5. The monoisotopic (exact) mass is 384 g/mol. The lowest BCUT2D eigenvalue weighted by atomic mass is 10.1. The quantitative estimate of drug-likeness (QED) is 0.248. The molecule has 130 valence electrons. The van der Waals surface area contributed by atoms with Crippen LogP contribution in [0.25, 0.3) is 0 Å². The second kappa shape index (κ2) is 12.4. The summed E-state index contributed by atoms with van der Waals surface area (Å²) in [5.41, 5.74) is 0.536. The zero-order valence-electron chi connectivity index (χ0n) is 14.4. The molecule has 23 heavy (non-hydrogen) atoms. The number of carbonyl (C=O) groups excluding carboxylic acids is 1. The molecule has 0 saturated heterocycles. The number of hydrogen-bond acceptors (Lipinski definition) is 3. The summed E-state index contributed by atoms with van der Waals surface area (Å²) in [7, 11) is 1.38. The first-order valence-electron chi connectivity index (χ1n) is 8.66. The highest BCUT2D eigenvalue weighted by Crippen LogP contribution is 2.20. The Hall–Kier alpha value is -1.03. The maximum absolute atomic E-state index is 11.4. The summed E-state index contributed by atoms with van der Waals surface area (Å²) < 4.78 is 10.5. The van der Waals surface area contributed by atoms with E-state index in [9.17, 15) is 4.79 Å². The Balaban J connectivity index is 2.14. The number of hydrogen-bond donors (Lipinski definition) is 0. The molecule has 0 heterocycles. The lowest BCUT2D eigenvalue weighted by Crippen LogP contribution is -2.08. The predicted octanol–water partition coefficient (Wildman–Crippen LogP) is 6.10. The molecule has 0 aliphatic rings. The Kier molecular flexibility index (Phi) is 10.8. The van der Waals surface area contributed by atoms with E-state index in [-0.39, 0.29) is 11.0 Å². The minimum atomic E-state index is -0.328. The maximum Gasteiger partial charge on any atom is 0.337 e. The summed E-state index contributed by atoms with van der Waals surface area (Å²) >= 11 is 3.57. The van der Waals surface area contributed by atoms with Crippen LogP contribution in [0.3, 0.4) is 0 Å². The van der Waals surface area contributed by atoms with E-state index < -0.39 is 0 Å². The number of alkyl halides is 1. The number of unbranched alkanes of at least 4 members (excludes halogenated alkanes) is 7. The molecule has 0 spiro atoms. The Morgan fingerprint density at radius 3 is 2.13 bits per heavy atom. The summed E-state index contributed by atoms with van der Waals surface area (Å²) in [6.45, 7) is 2.25. The Labute approximate surface area is 148 Å². The minimum Gasteiger partial charge on any atom is -0.479 e. The van der Waals surface area contributed by atoms with Crippen LogP contribution in [-0.2, 0) is 4.74 Å². The van der Waals surface area contributed by atoms with Gasteiger partial charge in [0.05, 0.1) is 12.7 Å². The molecule has 1 aromatic rings. The molecule has 0 N–H and O–H groups in total. The van der Waals surface area contributed by atoms with Crippen LogP contribution in [0, 0.1) is 0 Å². The van der Waals surface area contributed by atoms with Gasteiger partial charge in [0.25, 0.3) is 0 Å². The molecule has 1 aromatic carbocycles. The van der Waals surface area contributed by atoms with Gasteiger partial charge in [-0.3, -0.25) is 0 Å². The van der Waals surface area contributed by atoms with Gasteiger partial charge in [-0.05, 0) is 53.0 Å². The van der Waals surface area contributed by atoms with Crippen molar-refractivity contribution in [2.75, 3.05) is 7.11 Å². The summed E-state index contributed by atoms with van der Waals surface area (Å²) in [5, 5.41) is 0.0200. The SMILES string of the molecule is CCCCCCCCCCC(Br)Oc1ccc(C(=O)OC)cc1. The average molecular weight is 385 g/mol. The van der Waals surface area contributed by atoms with E-state index in [4.69, 9.17) is 4.74 Å². The van der Waals surface area contributed by atoms with Crippen LogP contribution in [0.2, 0.25) is 0 Å². The van der Waals surface area contributed by atoms with E-state index >= 15 is 0 Å². The van der Waals surface area contributed by atoms with Gasteiger partial charge in [0, 0.05) is 0 Å². The number of rotatable bonds is 12. The van der Waals surface area contributed by atoms with Crippen LogP contribution in [0.15, 0.2) is 24.3 Å². The molecule has 0 amide bonds. The van der Waals surface area contributed by atoms with Gasteiger partial charge >= 0.3 is 5.97 Å². The highest BCUT2D eigenvalue weighted by atomic mass is 79.9. The lowest BCUT2D eigenvalue weighted by molar-refractivity contribution is 0.0600. The Bertz CT molecular complexity index is 431. The highest BCUT2D eigenvalue weighted by molar-refractivity contribution is 9.09. The fourth-order valence-electron chi connectivity index (χ4n) is 2.43. The smallest absolute Gasteiger partial charge is 0.337 e. The van der Waals surface area contributed by atoms with Gasteiger partial charge in [0.15, 0.2) is 5.01 Å². The van der Waals surface area contributed by atoms with Gasteiger partial charge in [-0.15, -0.1) is 0 Å². The van der Waals surface area contributed by atoms with Crippen molar-refractivity contribution in [2.24, 2.45) is 0 Å². The normalized spacial score (nSPS) is 12.0. The van der Waals surface area contributed by atoms with Gasteiger partial charge in [0.1, 0.15) is 5.75 Å². The second-order valence-corrected chi connectivity index (χ2v) is 6.83. The molecule has 0 bridgehead atoms. The molecule has 1 rings (SSSR count). The number of ether oxygens (including phenoxy) is 2. The van der Waals surface area contributed by atoms with Crippen molar-refractivity contribution in [1.82, 2.24) is 0 Å². The number of methoxy groups -OCH3 is 1. The second-order valence-electron chi connectivity index (χ2n) is 5.81. The zero-order valence-corrected chi connectivity index (χ0v) is 15.9. The van der Waals surface area contributed by atoms with Gasteiger partial charge in [-0.1, -0.05) is 51.9 Å². The minimum absolute atomic E-state index is 0.0200. The van der Waals surface area contributed by atoms with Crippen LogP contribution in [-0.4, -0.2) is 18.1 Å². The van der Waals surface area contributed by atoms with E-state index in [0.717, 1.165) is 12.2 Å². The van der Waals surface area contributed by atoms with Crippen LogP contribution in [0.4, 0.5) is 0 Å². The van der Waals surface area contributed by atoms with Crippen LogP contribution in [0.1, 0.15) is 75.1 Å². The number of halogens is 1. The molecule has 3 nitrogen and oxygen atoms in total. The molecule has 0 radical (unpaired) electrons. The number of benzene rings is 1. The van der Waals surface area contributed by atoms with Crippen LogP contribution in [0.5, 0.6) is 5.75 Å². The molecule has 1 unspecified atom stereocenters. The largest absolute Gasteiger partial charge is 0.479 e. The zero-order chi connectivity index (χ0) is 16.9. The van der Waals surface area contributed by atoms with Crippen molar-refractivity contribution < 1.29 is 14.3 Å². The van der Waals surface area contributed by atoms with Crippen LogP contribution >= 0.6 is 15.9 Å². The Morgan fingerprint density at radius 2 is 1.57 bits per heavy atom. The standard InChI is InChI=1S/C19H29BrO3/c1-3-4-5-6-7-8-9-10-11-18(20)23-17-14-12-16(13-15-17)19(21)22-2/h12-15,18H,3-11H2,1-2H3. The van der Waals surface area contributed by atoms with E-state index in [2.05, 4.69) is 27.6 Å². The van der Waals surface area contributed by atoms with Crippen molar-refractivity contribution in [3.63, 3.8) is 0 Å². The maximum atomic E-state index is 11.4. The number of carbonyl (C=O) groups is 1. The van der Waals surface area contributed by atoms with Crippen molar-refractivity contribution in [1.29, 1.82) is 0 Å². The fraction of sp³-hybridized carbons (Fsp3) is 0.632. The average Bonchev–Trinajstić information content (AvgIpc) is 2.57.